The van der Waals surface area contributed by atoms with Crippen molar-refractivity contribution in [2.24, 2.45) is 0 Å². The van der Waals surface area contributed by atoms with Crippen LogP contribution in [0.4, 0.5) is 23.2 Å². The molecule has 0 aliphatic rings. The number of carbonyl (C=O) groups is 2. The van der Waals surface area contributed by atoms with Crippen molar-refractivity contribution in [3.8, 4) is 0 Å². The van der Waals surface area contributed by atoms with Crippen LogP contribution in [-0.4, -0.2) is 50.0 Å². The van der Waals surface area contributed by atoms with E-state index in [1.54, 1.807) is 6.92 Å². The van der Waals surface area contributed by atoms with Crippen LogP contribution in [0.3, 0.4) is 0 Å². The van der Waals surface area contributed by atoms with Crippen molar-refractivity contribution in [2.45, 2.75) is 64.8 Å². The minimum Gasteiger partial charge on any atom is -0.352 e. The van der Waals surface area contributed by atoms with E-state index >= 15 is 0 Å². The van der Waals surface area contributed by atoms with Crippen LogP contribution in [0.15, 0.2) is 48.5 Å². The lowest BCUT2D eigenvalue weighted by Gasteiger charge is -2.30. The molecule has 2 atom stereocenters. The van der Waals surface area contributed by atoms with Gasteiger partial charge in [0, 0.05) is 25.6 Å². The number of hydrogen-bond acceptors (Lipinski definition) is 4. The van der Waals surface area contributed by atoms with Crippen molar-refractivity contribution in [2.75, 3.05) is 17.1 Å². The van der Waals surface area contributed by atoms with Crippen molar-refractivity contribution in [1.29, 1.82) is 0 Å². The second-order valence-corrected chi connectivity index (χ2v) is 11.0. The van der Waals surface area contributed by atoms with Crippen LogP contribution in [0.1, 0.15) is 51.2 Å². The Hall–Kier alpha value is -3.15. The number of anilines is 1. The van der Waals surface area contributed by atoms with Gasteiger partial charge in [0.2, 0.25) is 21.8 Å². The molecular formula is C26H33F4N3O4S. The molecule has 0 radical (unpaired) electrons. The average Bonchev–Trinajstić information content (AvgIpc) is 2.84. The van der Waals surface area contributed by atoms with Gasteiger partial charge in [0.05, 0.1) is 17.5 Å². The van der Waals surface area contributed by atoms with Crippen LogP contribution in [-0.2, 0) is 32.3 Å². The van der Waals surface area contributed by atoms with Crippen molar-refractivity contribution in [3.05, 3.63) is 65.5 Å². The van der Waals surface area contributed by atoms with Crippen LogP contribution in [0.5, 0.6) is 0 Å². The molecule has 0 heterocycles. The molecule has 0 unspecified atom stereocenters. The molecule has 0 saturated heterocycles. The third-order valence-electron chi connectivity index (χ3n) is 6.05. The number of nitrogens with one attached hydrogen (secondary N) is 1. The normalized spacial score (nSPS) is 13.5. The van der Waals surface area contributed by atoms with Gasteiger partial charge >= 0.3 is 6.18 Å². The molecule has 38 heavy (non-hydrogen) atoms. The molecule has 0 spiro atoms. The van der Waals surface area contributed by atoms with E-state index < -0.39 is 39.5 Å². The van der Waals surface area contributed by atoms with Gasteiger partial charge in [-0.15, -0.1) is 0 Å². The molecule has 0 aliphatic carbocycles. The number of halogens is 4. The van der Waals surface area contributed by atoms with Gasteiger partial charge in [0.1, 0.15) is 11.9 Å². The highest BCUT2D eigenvalue weighted by Crippen LogP contribution is 2.32. The average molecular weight is 560 g/mol. The summed E-state index contributed by atoms with van der Waals surface area (Å²) in [4.78, 5) is 27.3. The smallest absolute Gasteiger partial charge is 0.352 e. The molecule has 2 aromatic carbocycles. The molecular weight excluding hydrogens is 526 g/mol. The molecule has 12 heteroatoms. The summed E-state index contributed by atoms with van der Waals surface area (Å²) in [5.74, 6) is -1.29. The SMILES string of the molecule is CC[C@H](C)NC(=O)[C@H](C)N(Cc1ccc(F)cc1)C(=O)CCCN(c1cccc(C(F)(F)F)c1)S(C)(=O)=O. The fourth-order valence-electron chi connectivity index (χ4n) is 3.68. The molecule has 2 amide bonds. The molecule has 210 valence electrons. The predicted molar refractivity (Wildman–Crippen MR) is 137 cm³/mol. The van der Waals surface area contributed by atoms with Crippen LogP contribution >= 0.6 is 0 Å². The van der Waals surface area contributed by atoms with E-state index in [0.717, 1.165) is 28.8 Å². The first-order valence-corrected chi connectivity index (χ1v) is 14.0. The van der Waals surface area contributed by atoms with E-state index in [4.69, 9.17) is 0 Å². The predicted octanol–water partition coefficient (Wildman–Crippen LogP) is 4.72. The number of alkyl halides is 3. The third-order valence-corrected chi connectivity index (χ3v) is 7.24. The number of nitrogens with zero attached hydrogens (tertiary/aromatic N) is 2. The summed E-state index contributed by atoms with van der Waals surface area (Å²) in [5, 5.41) is 2.82. The van der Waals surface area contributed by atoms with E-state index in [1.165, 1.54) is 35.2 Å². The number of sulfonamides is 1. The topological polar surface area (TPSA) is 86.8 Å². The zero-order valence-electron chi connectivity index (χ0n) is 21.8. The number of amides is 2. The van der Waals surface area contributed by atoms with Crippen LogP contribution in [0.2, 0.25) is 0 Å². The van der Waals surface area contributed by atoms with Gasteiger partial charge in [-0.05, 0) is 62.6 Å². The van der Waals surface area contributed by atoms with Crippen LogP contribution in [0.25, 0.3) is 0 Å². The summed E-state index contributed by atoms with van der Waals surface area (Å²) in [7, 11) is -3.96. The monoisotopic (exact) mass is 559 g/mol. The Balaban J connectivity index is 2.21. The van der Waals surface area contributed by atoms with E-state index in [1.807, 2.05) is 13.8 Å². The molecule has 1 N–H and O–H groups in total. The molecule has 7 nitrogen and oxygen atoms in total. The summed E-state index contributed by atoms with van der Waals surface area (Å²) in [6, 6.07) is 8.41. The Morgan fingerprint density at radius 3 is 2.24 bits per heavy atom. The summed E-state index contributed by atoms with van der Waals surface area (Å²) in [5.41, 5.74) is -0.574. The largest absolute Gasteiger partial charge is 0.416 e. The van der Waals surface area contributed by atoms with E-state index in [2.05, 4.69) is 5.32 Å². The zero-order valence-corrected chi connectivity index (χ0v) is 22.6. The fraction of sp³-hybridized carbons (Fsp3) is 0.462. The van der Waals surface area contributed by atoms with Crippen LogP contribution < -0.4 is 9.62 Å². The standard InChI is InChI=1S/C26H33F4N3O4S/c1-5-18(2)31-25(35)19(3)32(17-20-11-13-22(27)14-12-20)24(34)10-7-15-33(38(4,36)37)23-9-6-8-21(16-23)26(28,29)30/h6,8-9,11-14,16,18-19H,5,7,10,15,17H2,1-4H3,(H,31,35)/t18-,19-/m0/s1. The molecule has 2 aromatic rings. The van der Waals surface area contributed by atoms with E-state index in [-0.39, 0.29) is 43.6 Å². The van der Waals surface area contributed by atoms with Gasteiger partial charge in [-0.25, -0.2) is 12.8 Å². The highest BCUT2D eigenvalue weighted by Gasteiger charge is 2.32. The lowest BCUT2D eigenvalue weighted by Crippen LogP contribution is -2.49. The number of rotatable bonds is 12. The van der Waals surface area contributed by atoms with Gasteiger partial charge in [0.25, 0.3) is 0 Å². The molecule has 0 aromatic heterocycles. The maximum absolute atomic E-state index is 13.4. The van der Waals surface area contributed by atoms with E-state index in [0.29, 0.717) is 12.0 Å². The van der Waals surface area contributed by atoms with Crippen molar-refractivity contribution < 1.29 is 35.6 Å². The lowest BCUT2D eigenvalue weighted by atomic mass is 10.1. The highest BCUT2D eigenvalue weighted by molar-refractivity contribution is 7.92. The maximum atomic E-state index is 13.4. The first-order chi connectivity index (χ1) is 17.6. The Morgan fingerprint density at radius 2 is 1.68 bits per heavy atom. The van der Waals surface area contributed by atoms with Crippen molar-refractivity contribution in [1.82, 2.24) is 10.2 Å². The van der Waals surface area contributed by atoms with Gasteiger partial charge in [-0.2, -0.15) is 13.2 Å². The minimum atomic E-state index is -4.65. The summed E-state index contributed by atoms with van der Waals surface area (Å²) in [6.45, 7) is 5.05. The molecule has 0 fully saturated rings. The molecule has 0 aliphatic heterocycles. The van der Waals surface area contributed by atoms with Crippen molar-refractivity contribution in [3.63, 3.8) is 0 Å². The second-order valence-electron chi connectivity index (χ2n) is 9.13. The van der Waals surface area contributed by atoms with Gasteiger partial charge in [0.15, 0.2) is 0 Å². The highest BCUT2D eigenvalue weighted by atomic mass is 32.2. The quantitative estimate of drug-likeness (QED) is 0.381. The first kappa shape index (κ1) is 31.1. The van der Waals surface area contributed by atoms with Crippen molar-refractivity contribution >= 4 is 27.5 Å². The first-order valence-electron chi connectivity index (χ1n) is 12.1. The van der Waals surface area contributed by atoms with E-state index in [9.17, 15) is 35.6 Å². The van der Waals surface area contributed by atoms with Crippen LogP contribution in [0, 0.1) is 5.82 Å². The molecule has 0 bridgehead atoms. The molecule has 2 rings (SSSR count). The Morgan fingerprint density at radius 1 is 1.05 bits per heavy atom. The molecule has 0 saturated carbocycles. The van der Waals surface area contributed by atoms with Gasteiger partial charge in [-0.3, -0.25) is 13.9 Å². The Labute approximate surface area is 220 Å². The van der Waals surface area contributed by atoms with Gasteiger partial charge < -0.3 is 10.2 Å². The second kappa shape index (κ2) is 13.1. The zero-order chi connectivity index (χ0) is 28.7. The fourth-order valence-corrected chi connectivity index (χ4v) is 4.63. The summed E-state index contributed by atoms with van der Waals surface area (Å²) >= 11 is 0. The third kappa shape index (κ3) is 9.00. The Kier molecular flexibility index (Phi) is 10.7. The number of carbonyl (C=O) groups excluding carboxylic acids is 2. The maximum Gasteiger partial charge on any atom is 0.416 e. The minimum absolute atomic E-state index is 0.0115. The summed E-state index contributed by atoms with van der Waals surface area (Å²) in [6.07, 6.45) is -3.28. The van der Waals surface area contributed by atoms with Gasteiger partial charge in [-0.1, -0.05) is 25.1 Å². The Bertz CT molecular complexity index is 1200. The summed E-state index contributed by atoms with van der Waals surface area (Å²) < 4.78 is 78.3. The number of hydrogen-bond donors (Lipinski definition) is 1. The lowest BCUT2D eigenvalue weighted by molar-refractivity contribution is -0.140. The number of benzene rings is 2.